The van der Waals surface area contributed by atoms with Gasteiger partial charge in [-0.3, -0.25) is 4.79 Å². The van der Waals surface area contributed by atoms with Crippen LogP contribution in [0.2, 0.25) is 0 Å². The molecule has 1 aliphatic carbocycles. The Bertz CT molecular complexity index is 927. The summed E-state index contributed by atoms with van der Waals surface area (Å²) in [6, 6.07) is 12.8. The fourth-order valence-corrected chi connectivity index (χ4v) is 5.11. The fourth-order valence-electron chi connectivity index (χ4n) is 5.11. The highest BCUT2D eigenvalue weighted by Crippen LogP contribution is 2.50. The molecule has 1 saturated heterocycles. The van der Waals surface area contributed by atoms with E-state index >= 15 is 0 Å². The van der Waals surface area contributed by atoms with Crippen molar-refractivity contribution < 1.29 is 14.3 Å². The molecule has 3 atom stereocenters. The molecule has 28 heavy (non-hydrogen) atoms. The first-order chi connectivity index (χ1) is 13.6. The van der Waals surface area contributed by atoms with Gasteiger partial charge in [-0.15, -0.1) is 0 Å². The lowest BCUT2D eigenvalue weighted by Crippen LogP contribution is -2.48. The number of nitrogens with zero attached hydrogens (tertiary/aromatic N) is 2. The second-order valence-corrected chi connectivity index (χ2v) is 8.35. The predicted molar refractivity (Wildman–Crippen MR) is 106 cm³/mol. The Balaban J connectivity index is 1.61. The summed E-state index contributed by atoms with van der Waals surface area (Å²) in [5.74, 6) is 0.404. The van der Waals surface area contributed by atoms with Gasteiger partial charge in [0.1, 0.15) is 5.82 Å². The molecule has 5 rings (SSSR count). The van der Waals surface area contributed by atoms with Crippen molar-refractivity contribution in [3.8, 4) is 11.1 Å². The summed E-state index contributed by atoms with van der Waals surface area (Å²) in [5.41, 5.74) is 3.96. The quantitative estimate of drug-likeness (QED) is 0.885. The first-order valence-electron chi connectivity index (χ1n) is 10.1. The zero-order chi connectivity index (χ0) is 19.4. The van der Waals surface area contributed by atoms with E-state index in [1.807, 2.05) is 30.1 Å². The second kappa shape index (κ2) is 6.59. The molecule has 2 aromatic rings. The van der Waals surface area contributed by atoms with E-state index in [4.69, 9.17) is 0 Å². The van der Waals surface area contributed by atoms with Crippen molar-refractivity contribution in [1.29, 1.82) is 0 Å². The van der Waals surface area contributed by atoms with Crippen molar-refractivity contribution in [3.05, 3.63) is 53.8 Å². The molecule has 1 saturated carbocycles. The van der Waals surface area contributed by atoms with Crippen LogP contribution in [0.15, 0.2) is 42.5 Å². The Labute approximate surface area is 164 Å². The number of likely N-dealkylation sites (tertiary alicyclic amines) is 1. The van der Waals surface area contributed by atoms with Crippen LogP contribution in [0.5, 0.6) is 0 Å². The summed E-state index contributed by atoms with van der Waals surface area (Å²) in [5, 5.41) is 10.1. The van der Waals surface area contributed by atoms with Crippen LogP contribution in [-0.4, -0.2) is 42.2 Å². The van der Waals surface area contributed by atoms with Gasteiger partial charge in [-0.2, -0.15) is 0 Å². The standard InChI is InChI=1S/C23H25FN2O2/c1-25-20-8-7-16(15-3-2-4-17(24)11-15)12-19(20)22-18(21(25)13-27)9-10-26(22)23(28)14-5-6-14/h2-4,7-8,11-12,14,18,21-22,27H,5-6,9-10,13H2,1H3/t18-,21+,22-/m0/s1. The summed E-state index contributed by atoms with van der Waals surface area (Å²) in [6.07, 6.45) is 2.89. The Morgan fingerprint density at radius 3 is 2.64 bits per heavy atom. The van der Waals surface area contributed by atoms with Crippen LogP contribution in [0.1, 0.15) is 30.9 Å². The molecule has 2 fully saturated rings. The molecule has 2 heterocycles. The van der Waals surface area contributed by atoms with Gasteiger partial charge in [0, 0.05) is 31.1 Å². The summed E-state index contributed by atoms with van der Waals surface area (Å²) in [4.78, 5) is 17.1. The summed E-state index contributed by atoms with van der Waals surface area (Å²) in [7, 11) is 2.02. The van der Waals surface area contributed by atoms with Crippen molar-refractivity contribution in [1.82, 2.24) is 4.90 Å². The molecule has 2 aliphatic heterocycles. The van der Waals surface area contributed by atoms with Crippen LogP contribution in [0.25, 0.3) is 11.1 Å². The number of halogens is 1. The van der Waals surface area contributed by atoms with Gasteiger partial charge >= 0.3 is 0 Å². The average molecular weight is 380 g/mol. The zero-order valence-corrected chi connectivity index (χ0v) is 16.0. The normalized spacial score (nSPS) is 26.2. The topological polar surface area (TPSA) is 43.8 Å². The van der Waals surface area contributed by atoms with E-state index in [0.29, 0.717) is 0 Å². The van der Waals surface area contributed by atoms with E-state index in [-0.39, 0.29) is 42.3 Å². The second-order valence-electron chi connectivity index (χ2n) is 8.35. The van der Waals surface area contributed by atoms with E-state index in [0.717, 1.165) is 48.2 Å². The first-order valence-corrected chi connectivity index (χ1v) is 10.1. The number of hydrogen-bond acceptors (Lipinski definition) is 3. The van der Waals surface area contributed by atoms with Gasteiger partial charge in [0.15, 0.2) is 0 Å². The molecule has 2 aromatic carbocycles. The molecule has 0 spiro atoms. The van der Waals surface area contributed by atoms with E-state index < -0.39 is 0 Å². The number of anilines is 1. The first kappa shape index (κ1) is 17.7. The SMILES string of the molecule is CN1c2ccc(-c3cccc(F)c3)cc2[C@@H]2[C@@H](CCN2C(=O)C2CC2)[C@H]1CO. The fraction of sp³-hybridized carbons (Fsp3) is 0.435. The number of hydrogen-bond donors (Lipinski definition) is 1. The predicted octanol–water partition coefficient (Wildman–Crippen LogP) is 3.60. The number of carbonyl (C=O) groups excluding carboxylic acids is 1. The maximum atomic E-state index is 13.7. The summed E-state index contributed by atoms with van der Waals surface area (Å²) < 4.78 is 13.7. The number of rotatable bonds is 3. The molecule has 1 N–H and O–H groups in total. The maximum absolute atomic E-state index is 13.7. The van der Waals surface area contributed by atoms with Crippen LogP contribution < -0.4 is 4.90 Å². The summed E-state index contributed by atoms with van der Waals surface area (Å²) >= 11 is 0. The number of benzene rings is 2. The Kier molecular flexibility index (Phi) is 4.16. The lowest BCUT2D eigenvalue weighted by Gasteiger charge is -2.44. The Morgan fingerprint density at radius 2 is 1.93 bits per heavy atom. The van der Waals surface area contributed by atoms with E-state index in [9.17, 15) is 14.3 Å². The van der Waals surface area contributed by atoms with Crippen molar-refractivity contribution in [2.75, 3.05) is 25.1 Å². The largest absolute Gasteiger partial charge is 0.394 e. The molecule has 0 aromatic heterocycles. The lowest BCUT2D eigenvalue weighted by atomic mass is 9.81. The Morgan fingerprint density at radius 1 is 1.14 bits per heavy atom. The lowest BCUT2D eigenvalue weighted by molar-refractivity contribution is -0.134. The number of fused-ring (bicyclic) bond motifs is 3. The van der Waals surface area contributed by atoms with Crippen LogP contribution >= 0.6 is 0 Å². The van der Waals surface area contributed by atoms with Gasteiger partial charge in [-0.05, 0) is 60.2 Å². The third-order valence-electron chi connectivity index (χ3n) is 6.72. The van der Waals surface area contributed by atoms with Gasteiger partial charge in [0.2, 0.25) is 5.91 Å². The minimum atomic E-state index is -0.253. The molecule has 0 radical (unpaired) electrons. The van der Waals surface area contributed by atoms with Crippen LogP contribution in [0.3, 0.4) is 0 Å². The molecule has 3 aliphatic rings. The molecular weight excluding hydrogens is 355 g/mol. The van der Waals surface area contributed by atoms with Crippen molar-refractivity contribution in [2.24, 2.45) is 11.8 Å². The number of aliphatic hydroxyl groups is 1. The third kappa shape index (κ3) is 2.72. The molecule has 5 heteroatoms. The smallest absolute Gasteiger partial charge is 0.226 e. The van der Waals surface area contributed by atoms with Crippen LogP contribution in [-0.2, 0) is 4.79 Å². The van der Waals surface area contributed by atoms with Gasteiger partial charge in [-0.25, -0.2) is 4.39 Å². The molecular formula is C23H25FN2O2. The number of aliphatic hydroxyl groups excluding tert-OH is 1. The summed E-state index contributed by atoms with van der Waals surface area (Å²) in [6.45, 7) is 0.826. The molecule has 0 bridgehead atoms. The van der Waals surface area contributed by atoms with Crippen molar-refractivity contribution in [3.63, 3.8) is 0 Å². The third-order valence-corrected chi connectivity index (χ3v) is 6.72. The van der Waals surface area contributed by atoms with Crippen LogP contribution in [0.4, 0.5) is 10.1 Å². The van der Waals surface area contributed by atoms with Gasteiger partial charge in [0.05, 0.1) is 18.7 Å². The van der Waals surface area contributed by atoms with Gasteiger partial charge < -0.3 is 14.9 Å². The van der Waals surface area contributed by atoms with Crippen molar-refractivity contribution in [2.45, 2.75) is 31.3 Å². The monoisotopic (exact) mass is 380 g/mol. The van der Waals surface area contributed by atoms with E-state index in [2.05, 4.69) is 11.0 Å². The Hall–Kier alpha value is -2.40. The van der Waals surface area contributed by atoms with Crippen LogP contribution in [0, 0.1) is 17.7 Å². The maximum Gasteiger partial charge on any atom is 0.226 e. The highest BCUT2D eigenvalue weighted by molar-refractivity contribution is 5.83. The number of amides is 1. The zero-order valence-electron chi connectivity index (χ0n) is 16.0. The van der Waals surface area contributed by atoms with E-state index in [1.54, 1.807) is 12.1 Å². The van der Waals surface area contributed by atoms with Gasteiger partial charge in [-0.1, -0.05) is 18.2 Å². The van der Waals surface area contributed by atoms with E-state index in [1.165, 1.54) is 6.07 Å². The molecule has 146 valence electrons. The van der Waals surface area contributed by atoms with Crippen molar-refractivity contribution >= 4 is 11.6 Å². The molecule has 1 amide bonds. The molecule has 4 nitrogen and oxygen atoms in total. The highest BCUT2D eigenvalue weighted by atomic mass is 19.1. The minimum absolute atomic E-state index is 0.00882. The van der Waals surface area contributed by atoms with Gasteiger partial charge in [0.25, 0.3) is 0 Å². The highest BCUT2D eigenvalue weighted by Gasteiger charge is 2.49. The minimum Gasteiger partial charge on any atom is -0.394 e. The number of carbonyl (C=O) groups is 1. The average Bonchev–Trinajstić information content (AvgIpc) is 3.46. The number of likely N-dealkylation sites (N-methyl/N-ethyl adjacent to an activating group) is 1. The molecule has 0 unspecified atom stereocenters.